The van der Waals surface area contributed by atoms with Crippen molar-refractivity contribution in [2.24, 2.45) is 5.73 Å². The van der Waals surface area contributed by atoms with Gasteiger partial charge in [0.05, 0.1) is 6.17 Å². The van der Waals surface area contributed by atoms with E-state index in [1.54, 1.807) is 4.90 Å². The Hall–Kier alpha value is -3.81. The standard InChI is InChI=1S/C35H41N3O3.BrH/c1-2-3-6-15-34(37-25-24-28-16-20-32(21-17-28)40-26-29-11-7-4-8-12-29)38(35(36)39)31-18-22-33(23-19-31)41-27-30-13-9-5-10-14-30;/h4-5,7-14,16-23,34,37H,2-3,6,15,24-27H2,1H3,(H2,36,39);1H. The molecule has 0 aliphatic rings. The second-order valence-electron chi connectivity index (χ2n) is 10.1. The fraction of sp³-hybridized carbons (Fsp3) is 0.286. The Labute approximate surface area is 260 Å². The van der Waals surface area contributed by atoms with E-state index in [2.05, 4.69) is 36.5 Å². The first kappa shape index (κ1) is 32.7. The molecule has 0 aromatic heterocycles. The van der Waals surface area contributed by atoms with Crippen LogP contribution in [0.4, 0.5) is 10.5 Å². The molecule has 0 aliphatic carbocycles. The molecule has 6 nitrogen and oxygen atoms in total. The van der Waals surface area contributed by atoms with Gasteiger partial charge >= 0.3 is 6.03 Å². The molecule has 1 atom stereocenters. The lowest BCUT2D eigenvalue weighted by molar-refractivity contribution is 0.249. The molecule has 42 heavy (non-hydrogen) atoms. The molecule has 0 spiro atoms. The molecule has 0 radical (unpaired) electrons. The van der Waals surface area contributed by atoms with E-state index in [9.17, 15) is 4.79 Å². The molecule has 4 aromatic carbocycles. The van der Waals surface area contributed by atoms with E-state index in [1.165, 1.54) is 5.56 Å². The normalized spacial score (nSPS) is 11.3. The molecule has 1 unspecified atom stereocenters. The number of benzene rings is 4. The third-order valence-electron chi connectivity index (χ3n) is 6.96. The van der Waals surface area contributed by atoms with Crippen molar-refractivity contribution in [1.29, 1.82) is 0 Å². The highest BCUT2D eigenvalue weighted by molar-refractivity contribution is 8.93. The second kappa shape index (κ2) is 17.9. The lowest BCUT2D eigenvalue weighted by Crippen LogP contribution is -2.51. The van der Waals surface area contributed by atoms with E-state index in [1.807, 2.05) is 84.9 Å². The maximum atomic E-state index is 12.7. The zero-order valence-corrected chi connectivity index (χ0v) is 26.0. The van der Waals surface area contributed by atoms with Crippen LogP contribution in [0.5, 0.6) is 11.5 Å². The van der Waals surface area contributed by atoms with Crippen LogP contribution < -0.4 is 25.4 Å². The van der Waals surface area contributed by atoms with Crippen LogP contribution in [0.15, 0.2) is 109 Å². The fourth-order valence-electron chi connectivity index (χ4n) is 4.69. The Morgan fingerprint density at radius 2 is 1.26 bits per heavy atom. The zero-order chi connectivity index (χ0) is 28.7. The summed E-state index contributed by atoms with van der Waals surface area (Å²) in [5.41, 5.74) is 10.1. The number of nitrogens with one attached hydrogen (secondary N) is 1. The SMILES string of the molecule is Br.CCCCCC(NCCc1ccc(OCc2ccccc2)cc1)N(C(N)=O)c1ccc(OCc2ccccc2)cc1. The van der Waals surface area contributed by atoms with Crippen molar-refractivity contribution in [1.82, 2.24) is 5.32 Å². The van der Waals surface area contributed by atoms with Crippen molar-refractivity contribution >= 4 is 28.7 Å². The molecular formula is C35H42BrN3O3. The van der Waals surface area contributed by atoms with Gasteiger partial charge in [0.15, 0.2) is 0 Å². The van der Waals surface area contributed by atoms with E-state index in [0.29, 0.717) is 19.8 Å². The van der Waals surface area contributed by atoms with Crippen LogP contribution in [0.3, 0.4) is 0 Å². The number of unbranched alkanes of at least 4 members (excludes halogenated alkanes) is 2. The number of ether oxygens (including phenoxy) is 2. The second-order valence-corrected chi connectivity index (χ2v) is 10.1. The van der Waals surface area contributed by atoms with Gasteiger partial charge in [0.25, 0.3) is 0 Å². The first-order chi connectivity index (χ1) is 20.1. The summed E-state index contributed by atoms with van der Waals surface area (Å²) in [4.78, 5) is 14.3. The minimum absolute atomic E-state index is 0. The Balaban J connectivity index is 0.00000484. The van der Waals surface area contributed by atoms with Crippen LogP contribution in [0.25, 0.3) is 0 Å². The van der Waals surface area contributed by atoms with Gasteiger partial charge in [0.2, 0.25) is 0 Å². The quantitative estimate of drug-likeness (QED) is 0.0969. The number of nitrogens with two attached hydrogens (primary N) is 1. The molecule has 7 heteroatoms. The zero-order valence-electron chi connectivity index (χ0n) is 24.3. The molecule has 0 saturated carbocycles. The summed E-state index contributed by atoms with van der Waals surface area (Å²) in [6.07, 6.45) is 4.64. The van der Waals surface area contributed by atoms with Crippen LogP contribution in [0.1, 0.15) is 49.3 Å². The predicted octanol–water partition coefficient (Wildman–Crippen LogP) is 8.05. The predicted molar refractivity (Wildman–Crippen MR) is 176 cm³/mol. The molecule has 0 aliphatic heterocycles. The number of hydrogen-bond donors (Lipinski definition) is 2. The number of carbonyl (C=O) groups excluding carboxylic acids is 1. The van der Waals surface area contributed by atoms with Crippen molar-refractivity contribution in [3.05, 3.63) is 126 Å². The van der Waals surface area contributed by atoms with Gasteiger partial charge in [-0.1, -0.05) is 99.0 Å². The largest absolute Gasteiger partial charge is 0.489 e. The van der Waals surface area contributed by atoms with E-state index in [-0.39, 0.29) is 23.1 Å². The summed E-state index contributed by atoms with van der Waals surface area (Å²) >= 11 is 0. The minimum Gasteiger partial charge on any atom is -0.489 e. The number of rotatable bonds is 16. The summed E-state index contributed by atoms with van der Waals surface area (Å²) in [6.45, 7) is 3.92. The topological polar surface area (TPSA) is 76.8 Å². The van der Waals surface area contributed by atoms with E-state index in [4.69, 9.17) is 15.2 Å². The maximum absolute atomic E-state index is 12.7. The van der Waals surface area contributed by atoms with Crippen LogP contribution in [0.2, 0.25) is 0 Å². The van der Waals surface area contributed by atoms with Crippen LogP contribution in [-0.4, -0.2) is 18.7 Å². The molecule has 0 bridgehead atoms. The molecule has 0 saturated heterocycles. The number of carbonyl (C=O) groups is 1. The molecule has 4 aromatic rings. The van der Waals surface area contributed by atoms with Gasteiger partial charge in [-0.05, 0) is 65.9 Å². The van der Waals surface area contributed by atoms with Crippen LogP contribution in [-0.2, 0) is 19.6 Å². The van der Waals surface area contributed by atoms with Gasteiger partial charge in [-0.3, -0.25) is 10.2 Å². The Bertz CT molecular complexity index is 1300. The van der Waals surface area contributed by atoms with E-state index in [0.717, 1.165) is 60.4 Å². The highest BCUT2D eigenvalue weighted by Crippen LogP contribution is 2.24. The molecule has 4 rings (SSSR count). The molecule has 222 valence electrons. The van der Waals surface area contributed by atoms with E-state index < -0.39 is 6.03 Å². The number of anilines is 1. The summed E-state index contributed by atoms with van der Waals surface area (Å²) < 4.78 is 11.8. The third kappa shape index (κ3) is 10.5. The van der Waals surface area contributed by atoms with Crippen molar-refractivity contribution in [3.8, 4) is 11.5 Å². The maximum Gasteiger partial charge on any atom is 0.320 e. The summed E-state index contributed by atoms with van der Waals surface area (Å²) in [7, 11) is 0. The van der Waals surface area contributed by atoms with Gasteiger partial charge in [-0.2, -0.15) is 0 Å². The number of nitrogens with zero attached hydrogens (tertiary/aromatic N) is 1. The molecular weight excluding hydrogens is 590 g/mol. The first-order valence-electron chi connectivity index (χ1n) is 14.5. The van der Waals surface area contributed by atoms with Crippen molar-refractivity contribution in [2.75, 3.05) is 11.4 Å². The highest BCUT2D eigenvalue weighted by atomic mass is 79.9. The van der Waals surface area contributed by atoms with Crippen molar-refractivity contribution < 1.29 is 14.3 Å². The smallest absolute Gasteiger partial charge is 0.320 e. The molecule has 0 fully saturated rings. The van der Waals surface area contributed by atoms with E-state index >= 15 is 0 Å². The number of primary amides is 1. The number of urea groups is 1. The summed E-state index contributed by atoms with van der Waals surface area (Å²) in [5, 5.41) is 3.59. The fourth-order valence-corrected chi connectivity index (χ4v) is 4.69. The van der Waals surface area contributed by atoms with Crippen LogP contribution >= 0.6 is 17.0 Å². The van der Waals surface area contributed by atoms with Crippen molar-refractivity contribution in [2.45, 2.75) is 58.4 Å². The Morgan fingerprint density at radius 3 is 1.76 bits per heavy atom. The summed E-state index contributed by atoms with van der Waals surface area (Å²) in [5.74, 6) is 1.59. The number of hydrogen-bond acceptors (Lipinski definition) is 4. The summed E-state index contributed by atoms with van der Waals surface area (Å²) in [6, 6.07) is 35.5. The minimum atomic E-state index is -0.475. The Kier molecular flexibility index (Phi) is 13.9. The van der Waals surface area contributed by atoms with Gasteiger partial charge in [-0.25, -0.2) is 4.79 Å². The van der Waals surface area contributed by atoms with Gasteiger partial charge in [-0.15, -0.1) is 17.0 Å². The number of halogens is 1. The van der Waals surface area contributed by atoms with Gasteiger partial charge in [0.1, 0.15) is 24.7 Å². The molecule has 2 amide bonds. The Morgan fingerprint density at radius 1 is 0.738 bits per heavy atom. The lowest BCUT2D eigenvalue weighted by Gasteiger charge is -2.31. The first-order valence-corrected chi connectivity index (χ1v) is 14.5. The highest BCUT2D eigenvalue weighted by Gasteiger charge is 2.23. The van der Waals surface area contributed by atoms with Crippen molar-refractivity contribution in [3.63, 3.8) is 0 Å². The third-order valence-corrected chi connectivity index (χ3v) is 6.96. The lowest BCUT2D eigenvalue weighted by atomic mass is 10.1. The van der Waals surface area contributed by atoms with Crippen LogP contribution in [0, 0.1) is 0 Å². The molecule has 0 heterocycles. The average molecular weight is 633 g/mol. The van der Waals surface area contributed by atoms with Gasteiger partial charge < -0.3 is 15.2 Å². The monoisotopic (exact) mass is 631 g/mol. The van der Waals surface area contributed by atoms with Gasteiger partial charge in [0, 0.05) is 12.2 Å². The number of amides is 2. The average Bonchev–Trinajstić information content (AvgIpc) is 3.01. The molecule has 3 N–H and O–H groups in total.